The van der Waals surface area contributed by atoms with Gasteiger partial charge in [-0.15, -0.1) is 0 Å². The van der Waals surface area contributed by atoms with Crippen LogP contribution in [0.3, 0.4) is 0 Å². The molecular formula is C25H32O7. The SMILES string of the molecule is COC(=O)Cc1ccc(OC=C(C)CCc2c(C)c(OC)c(OC)c(OC)c2OC)cc1. The lowest BCUT2D eigenvalue weighted by molar-refractivity contribution is -0.139. The molecule has 0 saturated heterocycles. The van der Waals surface area contributed by atoms with Crippen LogP contribution >= 0.6 is 0 Å². The molecule has 0 aliphatic heterocycles. The molecule has 0 aromatic heterocycles. The van der Waals surface area contributed by atoms with Crippen LogP contribution in [0.2, 0.25) is 0 Å². The third kappa shape index (κ3) is 5.87. The van der Waals surface area contributed by atoms with Crippen LogP contribution in [-0.2, 0) is 22.4 Å². The van der Waals surface area contributed by atoms with Crippen LogP contribution in [0.1, 0.15) is 30.0 Å². The van der Waals surface area contributed by atoms with Crippen molar-refractivity contribution in [2.24, 2.45) is 0 Å². The zero-order valence-electron chi connectivity index (χ0n) is 19.9. The van der Waals surface area contributed by atoms with Crippen LogP contribution < -0.4 is 23.7 Å². The third-order valence-corrected chi connectivity index (χ3v) is 5.17. The fourth-order valence-corrected chi connectivity index (χ4v) is 3.43. The maximum absolute atomic E-state index is 11.4. The van der Waals surface area contributed by atoms with E-state index >= 15 is 0 Å². The minimum absolute atomic E-state index is 0.238. The summed E-state index contributed by atoms with van der Waals surface area (Å²) in [7, 11) is 7.75. The smallest absolute Gasteiger partial charge is 0.309 e. The van der Waals surface area contributed by atoms with Crippen molar-refractivity contribution in [3.63, 3.8) is 0 Å². The summed E-state index contributed by atoms with van der Waals surface area (Å²) in [6.45, 7) is 3.98. The van der Waals surface area contributed by atoms with Crippen molar-refractivity contribution in [3.05, 3.63) is 52.8 Å². The van der Waals surface area contributed by atoms with Crippen molar-refractivity contribution >= 4 is 5.97 Å². The summed E-state index contributed by atoms with van der Waals surface area (Å²) in [5, 5.41) is 0. The summed E-state index contributed by atoms with van der Waals surface area (Å²) < 4.78 is 32.7. The lowest BCUT2D eigenvalue weighted by atomic mass is 9.98. The maximum Gasteiger partial charge on any atom is 0.309 e. The zero-order valence-corrected chi connectivity index (χ0v) is 19.9. The number of carbonyl (C=O) groups excluding carboxylic acids is 1. The molecule has 0 aliphatic rings. The van der Waals surface area contributed by atoms with Crippen molar-refractivity contribution in [3.8, 4) is 28.7 Å². The third-order valence-electron chi connectivity index (χ3n) is 5.17. The monoisotopic (exact) mass is 444 g/mol. The molecule has 0 amide bonds. The Morgan fingerprint density at radius 1 is 0.844 bits per heavy atom. The Morgan fingerprint density at radius 2 is 1.41 bits per heavy atom. The first kappa shape index (κ1) is 24.9. The average Bonchev–Trinajstić information content (AvgIpc) is 2.81. The quantitative estimate of drug-likeness (QED) is 0.369. The molecule has 0 heterocycles. The largest absolute Gasteiger partial charge is 0.492 e. The summed E-state index contributed by atoms with van der Waals surface area (Å²) in [5.41, 5.74) is 3.85. The molecule has 0 N–H and O–H groups in total. The standard InChI is InChI=1S/C25H32O7/c1-16(15-32-19-11-9-18(10-12-19)14-21(26)27-3)8-13-20-17(2)22(28-4)24(30-6)25(31-7)23(20)29-5/h9-12,15H,8,13-14H2,1-7H3. The number of methoxy groups -OCH3 is 5. The molecule has 0 fully saturated rings. The predicted molar refractivity (Wildman–Crippen MR) is 122 cm³/mol. The highest BCUT2D eigenvalue weighted by atomic mass is 16.5. The van der Waals surface area contributed by atoms with Gasteiger partial charge in [-0.2, -0.15) is 0 Å². The number of rotatable bonds is 11. The molecule has 7 heteroatoms. The van der Waals surface area contributed by atoms with E-state index in [0.29, 0.717) is 35.2 Å². The molecule has 2 aromatic carbocycles. The van der Waals surface area contributed by atoms with E-state index in [1.54, 1.807) is 34.7 Å². The van der Waals surface area contributed by atoms with Gasteiger partial charge in [0.1, 0.15) is 5.75 Å². The summed E-state index contributed by atoms with van der Waals surface area (Å²) >= 11 is 0. The summed E-state index contributed by atoms with van der Waals surface area (Å²) in [6, 6.07) is 7.35. The molecule has 0 aliphatic carbocycles. The van der Waals surface area contributed by atoms with Gasteiger partial charge in [-0.3, -0.25) is 4.79 Å². The van der Waals surface area contributed by atoms with Crippen LogP contribution in [-0.4, -0.2) is 41.5 Å². The van der Waals surface area contributed by atoms with E-state index in [1.807, 2.05) is 38.1 Å². The van der Waals surface area contributed by atoms with Crippen molar-refractivity contribution < 1.29 is 33.2 Å². The van der Waals surface area contributed by atoms with E-state index in [1.165, 1.54) is 7.11 Å². The molecule has 0 spiro atoms. The maximum atomic E-state index is 11.4. The molecule has 2 rings (SSSR count). The van der Waals surface area contributed by atoms with Gasteiger partial charge in [0.05, 0.1) is 48.2 Å². The number of benzene rings is 2. The molecule has 174 valence electrons. The summed E-state index contributed by atoms with van der Waals surface area (Å²) in [5.74, 6) is 2.71. The molecule has 0 bridgehead atoms. The number of carbonyl (C=O) groups is 1. The van der Waals surface area contributed by atoms with Gasteiger partial charge in [-0.05, 0) is 50.0 Å². The van der Waals surface area contributed by atoms with Crippen LogP contribution in [0.15, 0.2) is 36.1 Å². The van der Waals surface area contributed by atoms with Crippen LogP contribution in [0.5, 0.6) is 28.7 Å². The topological polar surface area (TPSA) is 72.5 Å². The molecule has 7 nitrogen and oxygen atoms in total. The Bertz CT molecular complexity index is 946. The van der Waals surface area contributed by atoms with Gasteiger partial charge >= 0.3 is 5.97 Å². The van der Waals surface area contributed by atoms with E-state index in [0.717, 1.165) is 28.7 Å². The van der Waals surface area contributed by atoms with Crippen LogP contribution in [0.25, 0.3) is 0 Å². The summed E-state index contributed by atoms with van der Waals surface area (Å²) in [4.78, 5) is 11.4. The Kier molecular flexibility index (Phi) is 9.25. The molecular weight excluding hydrogens is 412 g/mol. The number of hydrogen-bond donors (Lipinski definition) is 0. The average molecular weight is 445 g/mol. The lowest BCUT2D eigenvalue weighted by Gasteiger charge is -2.21. The van der Waals surface area contributed by atoms with Gasteiger partial charge in [0.25, 0.3) is 0 Å². The van der Waals surface area contributed by atoms with E-state index in [9.17, 15) is 4.79 Å². The number of allylic oxidation sites excluding steroid dienone is 1. The normalized spacial score (nSPS) is 11.0. The number of hydrogen-bond acceptors (Lipinski definition) is 7. The fourth-order valence-electron chi connectivity index (χ4n) is 3.43. The van der Waals surface area contributed by atoms with Gasteiger partial charge in [0.15, 0.2) is 11.5 Å². The van der Waals surface area contributed by atoms with Crippen molar-refractivity contribution in [2.45, 2.75) is 33.1 Å². The van der Waals surface area contributed by atoms with Gasteiger partial charge in [-0.25, -0.2) is 0 Å². The van der Waals surface area contributed by atoms with E-state index in [4.69, 9.17) is 23.7 Å². The second-order valence-electron chi connectivity index (χ2n) is 7.22. The second kappa shape index (κ2) is 11.9. The van der Waals surface area contributed by atoms with Gasteiger partial charge in [0.2, 0.25) is 11.5 Å². The first-order valence-corrected chi connectivity index (χ1v) is 10.2. The van der Waals surface area contributed by atoms with Crippen LogP contribution in [0, 0.1) is 6.92 Å². The van der Waals surface area contributed by atoms with Crippen molar-refractivity contribution in [1.29, 1.82) is 0 Å². The van der Waals surface area contributed by atoms with Crippen LogP contribution in [0.4, 0.5) is 0 Å². The van der Waals surface area contributed by atoms with E-state index < -0.39 is 0 Å². The highest BCUT2D eigenvalue weighted by molar-refractivity contribution is 5.72. The lowest BCUT2D eigenvalue weighted by Crippen LogP contribution is -2.05. The van der Waals surface area contributed by atoms with Crippen molar-refractivity contribution in [2.75, 3.05) is 35.5 Å². The molecule has 0 radical (unpaired) electrons. The first-order chi connectivity index (χ1) is 15.4. The Morgan fingerprint density at radius 3 is 1.94 bits per heavy atom. The molecule has 32 heavy (non-hydrogen) atoms. The van der Waals surface area contributed by atoms with Gasteiger partial charge < -0.3 is 28.4 Å². The van der Waals surface area contributed by atoms with Gasteiger partial charge in [-0.1, -0.05) is 12.1 Å². The second-order valence-corrected chi connectivity index (χ2v) is 7.22. The first-order valence-electron chi connectivity index (χ1n) is 10.2. The number of ether oxygens (including phenoxy) is 6. The fraction of sp³-hybridized carbons (Fsp3) is 0.400. The predicted octanol–water partition coefficient (Wildman–Crippen LogP) is 4.66. The summed E-state index contributed by atoms with van der Waals surface area (Å²) in [6.07, 6.45) is 3.42. The van der Waals surface area contributed by atoms with E-state index in [2.05, 4.69) is 4.74 Å². The Hall–Kier alpha value is -3.35. The van der Waals surface area contributed by atoms with Gasteiger partial charge in [0, 0.05) is 11.1 Å². The van der Waals surface area contributed by atoms with E-state index in [-0.39, 0.29) is 12.4 Å². The minimum Gasteiger partial charge on any atom is -0.492 e. The molecule has 0 unspecified atom stereocenters. The Labute approximate surface area is 189 Å². The number of esters is 1. The highest BCUT2D eigenvalue weighted by Gasteiger charge is 2.25. The Balaban J connectivity index is 2.14. The molecule has 0 atom stereocenters. The molecule has 0 saturated carbocycles. The molecule has 2 aromatic rings. The minimum atomic E-state index is -0.271. The highest BCUT2D eigenvalue weighted by Crippen LogP contribution is 2.49. The van der Waals surface area contributed by atoms with Crippen molar-refractivity contribution in [1.82, 2.24) is 0 Å². The zero-order chi connectivity index (χ0) is 23.7.